The molecule has 1 aliphatic carbocycles. The molecule has 0 aromatic carbocycles. The minimum Gasteiger partial charge on any atom is -0.472 e. The SMILES string of the molecule is CCNc1cc2c(cn1)c(-c1cnn(CC(=O)CC)c1)nn2C1CCC(Oc2nccc(C)c2F)CC1. The number of rotatable bonds is 9. The van der Waals surface area contributed by atoms with E-state index in [0.717, 1.165) is 60.2 Å². The fourth-order valence-electron chi connectivity index (χ4n) is 4.83. The van der Waals surface area contributed by atoms with Crippen molar-refractivity contribution in [2.45, 2.75) is 71.6 Å². The van der Waals surface area contributed by atoms with Gasteiger partial charge in [-0.15, -0.1) is 0 Å². The summed E-state index contributed by atoms with van der Waals surface area (Å²) in [5, 5.41) is 13.6. The fraction of sp³-hybridized carbons (Fsp3) is 0.444. The molecule has 0 radical (unpaired) electrons. The lowest BCUT2D eigenvalue weighted by molar-refractivity contribution is -0.119. The van der Waals surface area contributed by atoms with Crippen LogP contribution in [0.5, 0.6) is 5.88 Å². The molecule has 4 aromatic heterocycles. The Morgan fingerprint density at radius 3 is 2.76 bits per heavy atom. The Hall–Kier alpha value is -3.82. The highest BCUT2D eigenvalue weighted by Crippen LogP contribution is 2.36. The third-order valence-corrected chi connectivity index (χ3v) is 6.91. The van der Waals surface area contributed by atoms with E-state index in [1.807, 2.05) is 32.3 Å². The zero-order valence-corrected chi connectivity index (χ0v) is 21.4. The second kappa shape index (κ2) is 10.7. The molecule has 5 rings (SSSR count). The molecule has 9 nitrogen and oxygen atoms in total. The summed E-state index contributed by atoms with van der Waals surface area (Å²) in [5.41, 5.74) is 3.17. The number of Topliss-reactive ketones (excluding diaryl/α,β-unsaturated/α-hetero) is 1. The highest BCUT2D eigenvalue weighted by atomic mass is 19.1. The van der Waals surface area contributed by atoms with Gasteiger partial charge in [0.05, 0.1) is 24.3 Å². The maximum Gasteiger partial charge on any atom is 0.250 e. The van der Waals surface area contributed by atoms with E-state index in [1.165, 1.54) is 0 Å². The number of hydrogen-bond acceptors (Lipinski definition) is 7. The molecular weight excluding hydrogens is 473 g/mol. The predicted octanol–water partition coefficient (Wildman–Crippen LogP) is 5.11. The summed E-state index contributed by atoms with van der Waals surface area (Å²) in [6.07, 6.45) is 10.7. The minimum absolute atomic E-state index is 0.0789. The average molecular weight is 506 g/mol. The van der Waals surface area contributed by atoms with Gasteiger partial charge in [-0.25, -0.2) is 14.4 Å². The van der Waals surface area contributed by atoms with Crippen molar-refractivity contribution in [3.63, 3.8) is 0 Å². The third kappa shape index (κ3) is 5.19. The van der Waals surface area contributed by atoms with E-state index in [9.17, 15) is 9.18 Å². The molecule has 0 unspecified atom stereocenters. The first-order valence-corrected chi connectivity index (χ1v) is 12.9. The molecule has 0 saturated heterocycles. The van der Waals surface area contributed by atoms with Crippen LogP contribution in [0.25, 0.3) is 22.2 Å². The summed E-state index contributed by atoms with van der Waals surface area (Å²) in [6, 6.07) is 3.84. The first-order chi connectivity index (χ1) is 18.0. The molecule has 0 atom stereocenters. The van der Waals surface area contributed by atoms with Crippen molar-refractivity contribution in [2.24, 2.45) is 0 Å². The van der Waals surface area contributed by atoms with Gasteiger partial charge in [0.25, 0.3) is 5.88 Å². The van der Waals surface area contributed by atoms with Crippen LogP contribution in [0.3, 0.4) is 0 Å². The van der Waals surface area contributed by atoms with Crippen molar-refractivity contribution >= 4 is 22.5 Å². The summed E-state index contributed by atoms with van der Waals surface area (Å²) >= 11 is 0. The number of ether oxygens (including phenoxy) is 1. The second-order valence-electron chi connectivity index (χ2n) is 9.52. The Morgan fingerprint density at radius 1 is 1.19 bits per heavy atom. The van der Waals surface area contributed by atoms with Gasteiger partial charge in [0.15, 0.2) is 11.6 Å². The quantitative estimate of drug-likeness (QED) is 0.337. The Labute approximate surface area is 215 Å². The van der Waals surface area contributed by atoms with E-state index in [1.54, 1.807) is 30.1 Å². The topological polar surface area (TPSA) is 99.8 Å². The van der Waals surface area contributed by atoms with E-state index < -0.39 is 5.82 Å². The van der Waals surface area contributed by atoms with E-state index in [4.69, 9.17) is 9.84 Å². The van der Waals surface area contributed by atoms with Crippen LogP contribution in [0.1, 0.15) is 57.6 Å². The molecule has 0 amide bonds. The van der Waals surface area contributed by atoms with Gasteiger partial charge in [0.2, 0.25) is 0 Å². The summed E-state index contributed by atoms with van der Waals surface area (Å²) in [5.74, 6) is 0.610. The lowest BCUT2D eigenvalue weighted by Gasteiger charge is -2.29. The first-order valence-electron chi connectivity index (χ1n) is 12.9. The highest BCUT2D eigenvalue weighted by Gasteiger charge is 2.28. The number of nitrogens with one attached hydrogen (secondary N) is 1. The summed E-state index contributed by atoms with van der Waals surface area (Å²) in [6.45, 7) is 6.61. The molecule has 1 aliphatic rings. The van der Waals surface area contributed by atoms with Gasteiger partial charge in [0.1, 0.15) is 17.6 Å². The molecule has 0 spiro atoms. The van der Waals surface area contributed by atoms with E-state index in [2.05, 4.69) is 25.1 Å². The smallest absolute Gasteiger partial charge is 0.250 e. The molecule has 10 heteroatoms. The van der Waals surface area contributed by atoms with Gasteiger partial charge in [0, 0.05) is 48.6 Å². The van der Waals surface area contributed by atoms with Crippen molar-refractivity contribution in [2.75, 3.05) is 11.9 Å². The number of carbonyl (C=O) groups excluding carboxylic acids is 1. The Balaban J connectivity index is 1.40. The van der Waals surface area contributed by atoms with Crippen LogP contribution in [-0.2, 0) is 11.3 Å². The van der Waals surface area contributed by atoms with Gasteiger partial charge in [-0.1, -0.05) is 6.92 Å². The van der Waals surface area contributed by atoms with Crippen LogP contribution in [0.4, 0.5) is 10.2 Å². The molecule has 4 aromatic rings. The van der Waals surface area contributed by atoms with Gasteiger partial charge in [-0.05, 0) is 51.2 Å². The number of aryl methyl sites for hydroxylation is 1. The lowest BCUT2D eigenvalue weighted by atomic mass is 9.93. The summed E-state index contributed by atoms with van der Waals surface area (Å²) in [7, 11) is 0. The van der Waals surface area contributed by atoms with E-state index in [-0.39, 0.29) is 30.4 Å². The minimum atomic E-state index is -0.392. The van der Waals surface area contributed by atoms with Crippen molar-refractivity contribution in [1.29, 1.82) is 0 Å². The number of carbonyl (C=O) groups is 1. The lowest BCUT2D eigenvalue weighted by Crippen LogP contribution is -2.27. The molecule has 194 valence electrons. The van der Waals surface area contributed by atoms with Crippen LogP contribution in [0.2, 0.25) is 0 Å². The molecule has 1 saturated carbocycles. The molecule has 1 fully saturated rings. The average Bonchev–Trinajstić information content (AvgIpc) is 3.52. The number of hydrogen-bond donors (Lipinski definition) is 1. The summed E-state index contributed by atoms with van der Waals surface area (Å²) < 4.78 is 24.1. The standard InChI is InChI=1S/C27H32FN7O2/c1-4-20(36)16-34-15-18(13-32-34)26-22-14-31-24(29-5-2)12-23(22)35(33-26)19-6-8-21(9-7-19)37-27-25(28)17(3)10-11-30-27/h10-15,19,21H,4-9,16H2,1-3H3,(H,29,31). The van der Waals surface area contributed by atoms with Crippen molar-refractivity contribution in [3.05, 3.63) is 48.3 Å². The zero-order valence-electron chi connectivity index (χ0n) is 21.4. The molecule has 0 bridgehead atoms. The fourth-order valence-corrected chi connectivity index (χ4v) is 4.83. The van der Waals surface area contributed by atoms with Gasteiger partial charge >= 0.3 is 0 Å². The van der Waals surface area contributed by atoms with Crippen molar-refractivity contribution < 1.29 is 13.9 Å². The van der Waals surface area contributed by atoms with Crippen LogP contribution in [0.15, 0.2) is 36.9 Å². The Bertz CT molecular complexity index is 1410. The monoisotopic (exact) mass is 505 g/mol. The largest absolute Gasteiger partial charge is 0.472 e. The Kier molecular flexibility index (Phi) is 7.16. The number of aromatic nitrogens is 6. The van der Waals surface area contributed by atoms with Gasteiger partial charge in [-0.3, -0.25) is 14.2 Å². The van der Waals surface area contributed by atoms with Crippen molar-refractivity contribution in [1.82, 2.24) is 29.5 Å². The number of nitrogens with zero attached hydrogens (tertiary/aromatic N) is 6. The Morgan fingerprint density at radius 2 is 2.00 bits per heavy atom. The van der Waals surface area contributed by atoms with Crippen LogP contribution in [0, 0.1) is 12.7 Å². The molecule has 0 aliphatic heterocycles. The molecular formula is C27H32FN7O2. The summed E-state index contributed by atoms with van der Waals surface area (Å²) in [4.78, 5) is 20.6. The highest BCUT2D eigenvalue weighted by molar-refractivity contribution is 5.93. The number of anilines is 1. The maximum atomic E-state index is 14.4. The molecule has 37 heavy (non-hydrogen) atoms. The second-order valence-corrected chi connectivity index (χ2v) is 9.52. The van der Waals surface area contributed by atoms with Crippen LogP contribution >= 0.6 is 0 Å². The molecule has 4 heterocycles. The van der Waals surface area contributed by atoms with Gasteiger partial charge < -0.3 is 10.1 Å². The van der Waals surface area contributed by atoms with E-state index in [0.29, 0.717) is 12.0 Å². The van der Waals surface area contributed by atoms with Crippen LogP contribution < -0.4 is 10.1 Å². The number of ketones is 1. The normalized spacial score (nSPS) is 17.7. The number of fused-ring (bicyclic) bond motifs is 1. The maximum absolute atomic E-state index is 14.4. The van der Waals surface area contributed by atoms with Gasteiger partial charge in [-0.2, -0.15) is 10.2 Å². The van der Waals surface area contributed by atoms with E-state index >= 15 is 0 Å². The number of halogens is 1. The molecule has 1 N–H and O–H groups in total. The predicted molar refractivity (Wildman–Crippen MR) is 139 cm³/mol. The van der Waals surface area contributed by atoms with Crippen molar-refractivity contribution in [3.8, 4) is 17.1 Å². The zero-order chi connectivity index (χ0) is 25.9. The number of pyridine rings is 2. The van der Waals surface area contributed by atoms with Crippen LogP contribution in [-0.4, -0.2) is 48.0 Å². The first kappa shape index (κ1) is 24.9. The third-order valence-electron chi connectivity index (χ3n) is 6.91.